The van der Waals surface area contributed by atoms with E-state index in [0.717, 1.165) is 31.4 Å². The maximum atomic E-state index is 13.5. The van der Waals surface area contributed by atoms with Crippen molar-refractivity contribution >= 4 is 17.6 Å². The average molecular weight is 450 g/mol. The van der Waals surface area contributed by atoms with E-state index in [2.05, 4.69) is 5.32 Å². The van der Waals surface area contributed by atoms with Crippen LogP contribution in [0.15, 0.2) is 36.4 Å². The molecule has 0 saturated carbocycles. The van der Waals surface area contributed by atoms with Gasteiger partial charge >= 0.3 is 5.97 Å². The molecule has 0 aliphatic carbocycles. The lowest BCUT2D eigenvalue weighted by Crippen LogP contribution is -2.51. The van der Waals surface area contributed by atoms with E-state index in [1.165, 1.54) is 6.07 Å². The van der Waals surface area contributed by atoms with E-state index in [4.69, 9.17) is 9.47 Å². The van der Waals surface area contributed by atoms with E-state index in [-0.39, 0.29) is 16.7 Å². The number of halogens is 2. The molecule has 8 nitrogen and oxygen atoms in total. The van der Waals surface area contributed by atoms with Gasteiger partial charge in [0.25, 0.3) is 11.6 Å². The smallest absolute Gasteiger partial charge is 0.331 e. The van der Waals surface area contributed by atoms with E-state index in [1.807, 2.05) is 0 Å². The maximum absolute atomic E-state index is 13.5. The molecule has 0 spiro atoms. The topological polar surface area (TPSA) is 108 Å². The Bertz CT molecular complexity index is 1020. The highest BCUT2D eigenvalue weighted by Gasteiger charge is 2.33. The van der Waals surface area contributed by atoms with Crippen LogP contribution < -0.4 is 5.32 Å². The summed E-state index contributed by atoms with van der Waals surface area (Å²) < 4.78 is 37.5. The molecule has 2 atom stereocenters. The van der Waals surface area contributed by atoms with Crippen molar-refractivity contribution in [1.29, 1.82) is 0 Å². The summed E-state index contributed by atoms with van der Waals surface area (Å²) in [4.78, 5) is 35.8. The summed E-state index contributed by atoms with van der Waals surface area (Å²) in [5.41, 5.74) is -1.37. The van der Waals surface area contributed by atoms with Gasteiger partial charge in [-0.05, 0) is 57.0 Å². The van der Waals surface area contributed by atoms with Crippen LogP contribution in [0, 0.1) is 21.7 Å². The van der Waals surface area contributed by atoms with Gasteiger partial charge in [0.2, 0.25) is 0 Å². The molecule has 0 radical (unpaired) electrons. The van der Waals surface area contributed by atoms with Gasteiger partial charge in [-0.15, -0.1) is 0 Å². The number of nitrogens with one attached hydrogen (secondary N) is 1. The Balaban J connectivity index is 2.41. The molecular weight excluding hydrogens is 426 g/mol. The second-order valence-corrected chi connectivity index (χ2v) is 8.06. The third-order valence-electron chi connectivity index (χ3n) is 4.39. The van der Waals surface area contributed by atoms with Gasteiger partial charge in [0.05, 0.1) is 23.7 Å². The highest BCUT2D eigenvalue weighted by atomic mass is 19.1. The largest absolute Gasteiger partial charge is 0.467 e. The zero-order valence-electron chi connectivity index (χ0n) is 18.3. The molecule has 0 aliphatic rings. The van der Waals surface area contributed by atoms with Gasteiger partial charge in [0.1, 0.15) is 17.2 Å². The van der Waals surface area contributed by atoms with E-state index < -0.39 is 51.9 Å². The summed E-state index contributed by atoms with van der Waals surface area (Å²) in [5, 5.41) is 14.0. The van der Waals surface area contributed by atoms with Crippen molar-refractivity contribution in [3.05, 3.63) is 63.7 Å². The van der Waals surface area contributed by atoms with Crippen molar-refractivity contribution in [3.8, 4) is 11.1 Å². The quantitative estimate of drug-likeness (QED) is 0.388. The van der Waals surface area contributed by atoms with Crippen molar-refractivity contribution in [2.45, 2.75) is 45.4 Å². The Kier molecular flexibility index (Phi) is 7.63. The standard InChI is InChI=1S/C22H24F2N2O6/c1-12(32-22(2,3)4)19(21(28)31-5)25-20(27)17-7-6-13(10-18(17)26(29)30)14-8-15(23)11-16(24)9-14/h6-12,19H,1-5H3,(H,25,27)/t12?,19-/m0/s1. The van der Waals surface area contributed by atoms with Crippen molar-refractivity contribution in [2.75, 3.05) is 7.11 Å². The molecule has 0 aliphatic heterocycles. The number of nitro benzene ring substituents is 1. The van der Waals surface area contributed by atoms with Crippen molar-refractivity contribution in [2.24, 2.45) is 0 Å². The number of ether oxygens (including phenoxy) is 2. The minimum absolute atomic E-state index is 0.0668. The van der Waals surface area contributed by atoms with Crippen molar-refractivity contribution < 1.29 is 32.8 Å². The molecule has 10 heteroatoms. The summed E-state index contributed by atoms with van der Waals surface area (Å²) in [7, 11) is 1.14. The predicted octanol–water partition coefficient (Wildman–Crippen LogP) is 4.02. The van der Waals surface area contributed by atoms with Crippen molar-refractivity contribution in [3.63, 3.8) is 0 Å². The Morgan fingerprint density at radius 3 is 2.16 bits per heavy atom. The van der Waals surface area contributed by atoms with Crippen LogP contribution in [0.5, 0.6) is 0 Å². The Morgan fingerprint density at radius 2 is 1.66 bits per heavy atom. The number of amides is 1. The first-order chi connectivity index (χ1) is 14.8. The number of nitrogens with zero attached hydrogens (tertiary/aromatic N) is 1. The summed E-state index contributed by atoms with van der Waals surface area (Å²) in [5.74, 6) is -3.39. The summed E-state index contributed by atoms with van der Waals surface area (Å²) in [6, 6.07) is 4.97. The second kappa shape index (κ2) is 9.82. The molecule has 2 aromatic carbocycles. The monoisotopic (exact) mass is 450 g/mol. The molecule has 2 rings (SSSR count). The lowest BCUT2D eigenvalue weighted by molar-refractivity contribution is -0.385. The fourth-order valence-electron chi connectivity index (χ4n) is 3.11. The van der Waals surface area contributed by atoms with Crippen LogP contribution in [0.2, 0.25) is 0 Å². The van der Waals surface area contributed by atoms with Gasteiger partial charge in [-0.2, -0.15) is 0 Å². The molecule has 1 N–H and O–H groups in total. The van der Waals surface area contributed by atoms with Crippen LogP contribution >= 0.6 is 0 Å². The molecule has 1 amide bonds. The Morgan fingerprint density at radius 1 is 1.06 bits per heavy atom. The van der Waals surface area contributed by atoms with Crippen LogP contribution in [-0.2, 0) is 14.3 Å². The van der Waals surface area contributed by atoms with Crippen LogP contribution in [0.25, 0.3) is 11.1 Å². The van der Waals surface area contributed by atoms with E-state index in [0.29, 0.717) is 6.07 Å². The molecule has 172 valence electrons. The highest BCUT2D eigenvalue weighted by molar-refractivity contribution is 6.01. The third kappa shape index (κ3) is 6.30. The lowest BCUT2D eigenvalue weighted by Gasteiger charge is -2.29. The molecule has 0 heterocycles. The first-order valence-corrected chi connectivity index (χ1v) is 9.64. The molecule has 0 fully saturated rings. The fourth-order valence-corrected chi connectivity index (χ4v) is 3.11. The average Bonchev–Trinajstić information content (AvgIpc) is 2.68. The zero-order chi connectivity index (χ0) is 24.2. The van der Waals surface area contributed by atoms with Crippen LogP contribution in [0.3, 0.4) is 0 Å². The molecule has 2 aromatic rings. The highest BCUT2D eigenvalue weighted by Crippen LogP contribution is 2.28. The maximum Gasteiger partial charge on any atom is 0.331 e. The Hall–Kier alpha value is -3.40. The summed E-state index contributed by atoms with van der Waals surface area (Å²) in [6.07, 6.45) is -0.806. The molecule has 1 unspecified atom stereocenters. The van der Waals surface area contributed by atoms with Gasteiger partial charge in [-0.3, -0.25) is 14.9 Å². The van der Waals surface area contributed by atoms with Gasteiger partial charge in [-0.25, -0.2) is 13.6 Å². The number of hydrogen-bond donors (Lipinski definition) is 1. The first-order valence-electron chi connectivity index (χ1n) is 9.64. The van der Waals surface area contributed by atoms with Gasteiger partial charge in [0.15, 0.2) is 6.04 Å². The molecule has 0 bridgehead atoms. The summed E-state index contributed by atoms with van der Waals surface area (Å²) in [6.45, 7) is 6.85. The first kappa shape index (κ1) is 24.9. The SMILES string of the molecule is COC(=O)[C@@H](NC(=O)c1ccc(-c2cc(F)cc(F)c2)cc1[N+](=O)[O-])C(C)OC(C)(C)C. The van der Waals surface area contributed by atoms with Gasteiger partial charge in [0, 0.05) is 12.1 Å². The normalized spacial score (nSPS) is 13.2. The minimum atomic E-state index is -1.23. The number of nitro groups is 1. The Labute approximate surface area is 183 Å². The minimum Gasteiger partial charge on any atom is -0.467 e. The molecular formula is C22H24F2N2O6. The number of hydrogen-bond acceptors (Lipinski definition) is 6. The number of esters is 1. The van der Waals surface area contributed by atoms with E-state index in [9.17, 15) is 28.5 Å². The predicted molar refractivity (Wildman–Crippen MR) is 112 cm³/mol. The number of carbonyl (C=O) groups is 2. The van der Waals surface area contributed by atoms with Crippen LogP contribution in [0.1, 0.15) is 38.1 Å². The molecule has 32 heavy (non-hydrogen) atoms. The van der Waals surface area contributed by atoms with E-state index in [1.54, 1.807) is 27.7 Å². The van der Waals surface area contributed by atoms with Gasteiger partial charge < -0.3 is 14.8 Å². The molecule has 0 saturated heterocycles. The number of rotatable bonds is 7. The fraction of sp³-hybridized carbons (Fsp3) is 0.364. The molecule has 0 aromatic heterocycles. The third-order valence-corrected chi connectivity index (χ3v) is 4.39. The van der Waals surface area contributed by atoms with Gasteiger partial charge in [-0.1, -0.05) is 6.07 Å². The second-order valence-electron chi connectivity index (χ2n) is 8.06. The summed E-state index contributed by atoms with van der Waals surface area (Å²) >= 11 is 0. The number of methoxy groups -OCH3 is 1. The van der Waals surface area contributed by atoms with Crippen molar-refractivity contribution in [1.82, 2.24) is 5.32 Å². The number of carbonyl (C=O) groups excluding carboxylic acids is 2. The zero-order valence-corrected chi connectivity index (χ0v) is 18.3. The van der Waals surface area contributed by atoms with E-state index >= 15 is 0 Å². The van der Waals surface area contributed by atoms with Crippen LogP contribution in [-0.4, -0.2) is 41.7 Å². The lowest BCUT2D eigenvalue weighted by atomic mass is 10.0. The number of benzene rings is 2. The van der Waals surface area contributed by atoms with Crippen LogP contribution in [0.4, 0.5) is 14.5 Å².